The van der Waals surface area contributed by atoms with E-state index in [0.29, 0.717) is 35.2 Å². The van der Waals surface area contributed by atoms with Gasteiger partial charge in [0, 0.05) is 35.6 Å². The second-order valence-corrected chi connectivity index (χ2v) is 7.68. The summed E-state index contributed by atoms with van der Waals surface area (Å²) >= 11 is 0. The highest BCUT2D eigenvalue weighted by atomic mass is 16.5. The summed E-state index contributed by atoms with van der Waals surface area (Å²) in [7, 11) is 1.60. The summed E-state index contributed by atoms with van der Waals surface area (Å²) in [5.41, 5.74) is 1.56. The third-order valence-corrected chi connectivity index (χ3v) is 5.38. The van der Waals surface area contributed by atoms with Gasteiger partial charge in [0.2, 0.25) is 11.4 Å². The molecule has 3 rings (SSSR count). The van der Waals surface area contributed by atoms with Crippen LogP contribution in [0.3, 0.4) is 0 Å². The lowest BCUT2D eigenvalue weighted by Gasteiger charge is -2.21. The van der Waals surface area contributed by atoms with Gasteiger partial charge in [0.05, 0.1) is 37.6 Å². The van der Waals surface area contributed by atoms with Crippen molar-refractivity contribution in [1.29, 1.82) is 0 Å². The summed E-state index contributed by atoms with van der Waals surface area (Å²) in [5.74, 6) is 1.15. The van der Waals surface area contributed by atoms with Crippen molar-refractivity contribution in [3.63, 3.8) is 0 Å². The molecule has 9 nitrogen and oxygen atoms in total. The summed E-state index contributed by atoms with van der Waals surface area (Å²) in [4.78, 5) is 40.1. The number of carbonyl (C=O) groups is 1. The number of pyridine rings is 2. The normalized spacial score (nSPS) is 12.6. The second-order valence-electron chi connectivity index (χ2n) is 7.68. The number of aryl methyl sites for hydroxylation is 1. The van der Waals surface area contributed by atoms with Gasteiger partial charge in [-0.3, -0.25) is 9.78 Å². The Morgan fingerprint density at radius 2 is 1.94 bits per heavy atom. The fourth-order valence-electron chi connectivity index (χ4n) is 3.24. The van der Waals surface area contributed by atoms with E-state index in [1.807, 2.05) is 12.1 Å². The summed E-state index contributed by atoms with van der Waals surface area (Å²) < 4.78 is 16.4. The van der Waals surface area contributed by atoms with Crippen LogP contribution >= 0.6 is 0 Å². The van der Waals surface area contributed by atoms with Gasteiger partial charge in [-0.15, -0.1) is 0 Å². The van der Waals surface area contributed by atoms with Gasteiger partial charge >= 0.3 is 5.97 Å². The molecular weight excluding hydrogens is 424 g/mol. The molecule has 2 atom stereocenters. The molecule has 0 spiro atoms. The molecule has 0 amide bonds. The van der Waals surface area contributed by atoms with E-state index in [0.717, 1.165) is 5.69 Å². The molecule has 3 heterocycles. The van der Waals surface area contributed by atoms with Crippen molar-refractivity contribution in [2.45, 2.75) is 33.6 Å². The van der Waals surface area contributed by atoms with E-state index in [1.54, 1.807) is 33.4 Å². The van der Waals surface area contributed by atoms with Crippen LogP contribution < -0.4 is 15.0 Å². The molecule has 33 heavy (non-hydrogen) atoms. The number of methoxy groups -OCH3 is 1. The molecule has 0 fully saturated rings. The number of aromatic amines is 1. The molecule has 3 aromatic heterocycles. The van der Waals surface area contributed by atoms with Gasteiger partial charge in [-0.05, 0) is 31.9 Å². The van der Waals surface area contributed by atoms with Gasteiger partial charge in [-0.25, -0.2) is 9.78 Å². The minimum atomic E-state index is -0.553. The highest BCUT2D eigenvalue weighted by molar-refractivity contribution is 5.97. The zero-order valence-electron chi connectivity index (χ0n) is 19.4. The van der Waals surface area contributed by atoms with Crippen LogP contribution in [0.1, 0.15) is 48.6 Å². The number of nitrogens with zero attached hydrogens (tertiary/aromatic N) is 3. The molecule has 0 radical (unpaired) electrons. The topological polar surface area (TPSA) is 116 Å². The molecule has 0 saturated carbocycles. The standard InChI is InChI=1S/C24H28N4O5/c1-6-32-24(30)20-12-27-22(29)9-18(20)19-11-25-16(4)28-23(19)33-13-14(2)15(3)21-8-7-17(31-5)10-26-21/h7-12,14-15H,6,13H2,1-5H3,(H,27,29)/t14-,15+/m1/s1. The van der Waals surface area contributed by atoms with Crippen LogP contribution in [0.5, 0.6) is 11.6 Å². The molecule has 0 aliphatic heterocycles. The van der Waals surface area contributed by atoms with E-state index >= 15 is 0 Å². The highest BCUT2D eigenvalue weighted by Gasteiger charge is 2.22. The third-order valence-electron chi connectivity index (χ3n) is 5.38. The molecule has 174 valence electrons. The second kappa shape index (κ2) is 10.7. The number of carbonyl (C=O) groups excluding carboxylic acids is 1. The smallest absolute Gasteiger partial charge is 0.340 e. The lowest BCUT2D eigenvalue weighted by atomic mass is 9.93. The van der Waals surface area contributed by atoms with Gasteiger partial charge in [0.1, 0.15) is 11.6 Å². The van der Waals surface area contributed by atoms with Crippen molar-refractivity contribution in [3.8, 4) is 22.8 Å². The average Bonchev–Trinajstić information content (AvgIpc) is 2.82. The van der Waals surface area contributed by atoms with Crippen LogP contribution in [0.2, 0.25) is 0 Å². The summed E-state index contributed by atoms with van der Waals surface area (Å²) in [6, 6.07) is 5.13. The SMILES string of the molecule is CCOC(=O)c1c[nH]c(=O)cc1-c1cnc(C)nc1OC[C@@H](C)[C@H](C)c1ccc(OC)cn1. The quantitative estimate of drug-likeness (QED) is 0.490. The van der Waals surface area contributed by atoms with E-state index < -0.39 is 5.97 Å². The van der Waals surface area contributed by atoms with Crippen molar-refractivity contribution in [3.05, 3.63) is 64.2 Å². The molecule has 0 unspecified atom stereocenters. The van der Waals surface area contributed by atoms with Crippen molar-refractivity contribution >= 4 is 5.97 Å². The first-order valence-corrected chi connectivity index (χ1v) is 10.7. The fourth-order valence-corrected chi connectivity index (χ4v) is 3.24. The van der Waals surface area contributed by atoms with Crippen LogP contribution in [0.25, 0.3) is 11.1 Å². The summed E-state index contributed by atoms with van der Waals surface area (Å²) in [5, 5.41) is 0. The molecular formula is C24H28N4O5. The Morgan fingerprint density at radius 3 is 2.61 bits per heavy atom. The minimum absolute atomic E-state index is 0.0951. The summed E-state index contributed by atoms with van der Waals surface area (Å²) in [6.45, 7) is 8.14. The van der Waals surface area contributed by atoms with Gasteiger partial charge in [-0.2, -0.15) is 4.98 Å². The Kier molecular flexibility index (Phi) is 7.76. The van der Waals surface area contributed by atoms with E-state index in [2.05, 4.69) is 33.8 Å². The maximum atomic E-state index is 12.4. The lowest BCUT2D eigenvalue weighted by Crippen LogP contribution is -2.18. The van der Waals surface area contributed by atoms with Crippen LogP contribution in [-0.2, 0) is 4.74 Å². The Bertz CT molecular complexity index is 1160. The third kappa shape index (κ3) is 5.74. The fraction of sp³-hybridized carbons (Fsp3) is 0.375. The van der Waals surface area contributed by atoms with Crippen molar-refractivity contribution < 1.29 is 19.0 Å². The number of aromatic nitrogens is 4. The van der Waals surface area contributed by atoms with Crippen molar-refractivity contribution in [2.24, 2.45) is 5.92 Å². The average molecular weight is 453 g/mol. The molecule has 0 bridgehead atoms. The molecule has 3 aromatic rings. The number of esters is 1. The number of hydrogen-bond acceptors (Lipinski definition) is 8. The van der Waals surface area contributed by atoms with E-state index in [-0.39, 0.29) is 29.6 Å². The molecule has 9 heteroatoms. The van der Waals surface area contributed by atoms with Crippen LogP contribution in [0, 0.1) is 12.8 Å². The monoisotopic (exact) mass is 452 g/mol. The van der Waals surface area contributed by atoms with Gasteiger partial charge in [0.25, 0.3) is 0 Å². The Balaban J connectivity index is 1.87. The highest BCUT2D eigenvalue weighted by Crippen LogP contribution is 2.31. The molecule has 0 aliphatic rings. The molecule has 0 aliphatic carbocycles. The van der Waals surface area contributed by atoms with Crippen LogP contribution in [0.15, 0.2) is 41.6 Å². The zero-order chi connectivity index (χ0) is 24.0. The van der Waals surface area contributed by atoms with Crippen LogP contribution in [0.4, 0.5) is 0 Å². The van der Waals surface area contributed by atoms with E-state index in [4.69, 9.17) is 14.2 Å². The minimum Gasteiger partial charge on any atom is -0.495 e. The van der Waals surface area contributed by atoms with Crippen LogP contribution in [-0.4, -0.2) is 46.2 Å². The van der Waals surface area contributed by atoms with Gasteiger partial charge in [-0.1, -0.05) is 13.8 Å². The zero-order valence-corrected chi connectivity index (χ0v) is 19.4. The number of nitrogens with one attached hydrogen (secondary N) is 1. The maximum Gasteiger partial charge on any atom is 0.340 e. The first-order valence-electron chi connectivity index (χ1n) is 10.7. The Labute approximate surface area is 192 Å². The Morgan fingerprint density at radius 1 is 1.15 bits per heavy atom. The maximum absolute atomic E-state index is 12.4. The lowest BCUT2D eigenvalue weighted by molar-refractivity contribution is 0.0526. The van der Waals surface area contributed by atoms with Crippen molar-refractivity contribution in [2.75, 3.05) is 20.3 Å². The molecule has 0 saturated heterocycles. The Hall–Kier alpha value is -3.75. The predicted octanol–water partition coefficient (Wildman–Crippen LogP) is 3.54. The first-order chi connectivity index (χ1) is 15.8. The number of ether oxygens (including phenoxy) is 3. The number of rotatable bonds is 9. The molecule has 1 N–H and O–H groups in total. The summed E-state index contributed by atoms with van der Waals surface area (Å²) in [6.07, 6.45) is 4.57. The largest absolute Gasteiger partial charge is 0.495 e. The van der Waals surface area contributed by atoms with Gasteiger partial charge < -0.3 is 19.2 Å². The van der Waals surface area contributed by atoms with E-state index in [1.165, 1.54) is 12.3 Å². The van der Waals surface area contributed by atoms with E-state index in [9.17, 15) is 9.59 Å². The number of H-pyrrole nitrogens is 1. The first kappa shape index (κ1) is 23.9. The van der Waals surface area contributed by atoms with Gasteiger partial charge in [0.15, 0.2) is 0 Å². The number of hydrogen-bond donors (Lipinski definition) is 1. The van der Waals surface area contributed by atoms with Crippen molar-refractivity contribution in [1.82, 2.24) is 19.9 Å². The molecule has 0 aromatic carbocycles. The predicted molar refractivity (Wildman–Crippen MR) is 123 cm³/mol.